The highest BCUT2D eigenvalue weighted by Crippen LogP contribution is 2.25. The minimum Gasteiger partial charge on any atom is -0.495 e. The molecule has 1 amide bonds. The van der Waals surface area contributed by atoms with Crippen molar-refractivity contribution in [1.82, 2.24) is 10.2 Å². The molecule has 0 saturated carbocycles. The van der Waals surface area contributed by atoms with Crippen LogP contribution in [0.4, 0.5) is 5.69 Å². The molecule has 1 unspecified atom stereocenters. The maximum Gasteiger partial charge on any atom is 0.221 e. The van der Waals surface area contributed by atoms with E-state index in [1.54, 1.807) is 21.3 Å². The molecule has 2 N–H and O–H groups in total. The number of anilines is 1. The van der Waals surface area contributed by atoms with Gasteiger partial charge in [-0.1, -0.05) is 6.07 Å². The number of hydrogen-bond acceptors (Lipinski definition) is 4. The summed E-state index contributed by atoms with van der Waals surface area (Å²) in [6.45, 7) is 4.82. The maximum absolute atomic E-state index is 11.3. The number of likely N-dealkylation sites (tertiary alicyclic amines) is 1. The number of rotatable bonds is 6. The third-order valence-electron chi connectivity index (χ3n) is 4.22. The number of amides is 1. The second kappa shape index (κ2) is 9.27. The zero-order valence-corrected chi connectivity index (χ0v) is 15.5. The molecule has 1 atom stereocenters. The molecule has 0 aliphatic carbocycles. The molecule has 2 rings (SSSR count). The number of hydrogen-bond donors (Lipinski definition) is 2. The highest BCUT2D eigenvalue weighted by molar-refractivity contribution is 5.90. The molecule has 0 radical (unpaired) electrons. The van der Waals surface area contributed by atoms with Crippen LogP contribution in [0.2, 0.25) is 0 Å². The molecule has 0 aromatic heterocycles. The van der Waals surface area contributed by atoms with Gasteiger partial charge in [0.05, 0.1) is 19.4 Å². The summed E-state index contributed by atoms with van der Waals surface area (Å²) in [4.78, 5) is 18.0. The molecule has 1 aromatic rings. The summed E-state index contributed by atoms with van der Waals surface area (Å²) in [5.74, 6) is 1.96. The monoisotopic (exact) mass is 348 g/mol. The van der Waals surface area contributed by atoms with E-state index < -0.39 is 0 Å². The van der Waals surface area contributed by atoms with Crippen LogP contribution in [-0.2, 0) is 16.1 Å². The van der Waals surface area contributed by atoms with Gasteiger partial charge in [0, 0.05) is 46.6 Å². The SMILES string of the molecule is CN=C(NCc1ccc(OC)c(NC(C)=O)c1)N1CCC(COC)C1. The predicted molar refractivity (Wildman–Crippen MR) is 99.1 cm³/mol. The standard InChI is InChI=1S/C18H28N4O3/c1-13(23)21-16-9-14(5-6-17(16)25-4)10-20-18(19-2)22-8-7-15(11-22)12-24-3/h5-6,9,15H,7-8,10-12H2,1-4H3,(H,19,20)(H,21,23). The first-order chi connectivity index (χ1) is 12.1. The third kappa shape index (κ3) is 5.35. The second-order valence-electron chi connectivity index (χ2n) is 6.17. The molecule has 0 bridgehead atoms. The molecule has 25 heavy (non-hydrogen) atoms. The summed E-state index contributed by atoms with van der Waals surface area (Å²) >= 11 is 0. The van der Waals surface area contributed by atoms with Crippen LogP contribution in [0.25, 0.3) is 0 Å². The van der Waals surface area contributed by atoms with Crippen LogP contribution < -0.4 is 15.4 Å². The summed E-state index contributed by atoms with van der Waals surface area (Å²) < 4.78 is 10.5. The Kier molecular flexibility index (Phi) is 7.06. The van der Waals surface area contributed by atoms with Gasteiger partial charge in [0.15, 0.2) is 5.96 Å². The average Bonchev–Trinajstić information content (AvgIpc) is 3.04. The van der Waals surface area contributed by atoms with Gasteiger partial charge < -0.3 is 25.0 Å². The fourth-order valence-corrected chi connectivity index (χ4v) is 3.06. The van der Waals surface area contributed by atoms with E-state index in [1.807, 2.05) is 18.2 Å². The van der Waals surface area contributed by atoms with Gasteiger partial charge in [-0.15, -0.1) is 0 Å². The van der Waals surface area contributed by atoms with Crippen LogP contribution in [0.5, 0.6) is 5.75 Å². The zero-order valence-electron chi connectivity index (χ0n) is 15.5. The molecule has 138 valence electrons. The molecule has 1 aliphatic rings. The Bertz CT molecular complexity index is 618. The van der Waals surface area contributed by atoms with Gasteiger partial charge in [-0.2, -0.15) is 0 Å². The van der Waals surface area contributed by atoms with Crippen molar-refractivity contribution < 1.29 is 14.3 Å². The van der Waals surface area contributed by atoms with Gasteiger partial charge in [0.25, 0.3) is 0 Å². The summed E-state index contributed by atoms with van der Waals surface area (Å²) in [5, 5.41) is 6.18. The molecule has 7 heteroatoms. The molecular weight excluding hydrogens is 320 g/mol. The van der Waals surface area contributed by atoms with Crippen LogP contribution in [0.3, 0.4) is 0 Å². The normalized spacial score (nSPS) is 17.5. The zero-order chi connectivity index (χ0) is 18.2. The first kappa shape index (κ1) is 19.1. The topological polar surface area (TPSA) is 75.2 Å². The van der Waals surface area contributed by atoms with E-state index in [0.717, 1.165) is 37.6 Å². The van der Waals surface area contributed by atoms with Crippen molar-refractivity contribution in [3.05, 3.63) is 23.8 Å². The lowest BCUT2D eigenvalue weighted by atomic mass is 10.1. The minimum absolute atomic E-state index is 0.125. The lowest BCUT2D eigenvalue weighted by molar-refractivity contribution is -0.114. The summed E-state index contributed by atoms with van der Waals surface area (Å²) in [6, 6.07) is 5.75. The Labute approximate surface area is 149 Å². The van der Waals surface area contributed by atoms with Crippen molar-refractivity contribution >= 4 is 17.6 Å². The largest absolute Gasteiger partial charge is 0.495 e. The Morgan fingerprint density at radius 3 is 2.84 bits per heavy atom. The van der Waals surface area contributed by atoms with Crippen molar-refractivity contribution in [2.75, 3.05) is 46.3 Å². The van der Waals surface area contributed by atoms with E-state index in [4.69, 9.17) is 9.47 Å². The number of benzene rings is 1. The molecule has 1 saturated heterocycles. The van der Waals surface area contributed by atoms with Crippen molar-refractivity contribution in [3.63, 3.8) is 0 Å². The van der Waals surface area contributed by atoms with Crippen molar-refractivity contribution in [1.29, 1.82) is 0 Å². The molecular formula is C18H28N4O3. The molecule has 7 nitrogen and oxygen atoms in total. The molecule has 1 fully saturated rings. The second-order valence-corrected chi connectivity index (χ2v) is 6.17. The Morgan fingerprint density at radius 2 is 2.20 bits per heavy atom. The third-order valence-corrected chi connectivity index (χ3v) is 4.22. The molecule has 1 aromatic carbocycles. The first-order valence-corrected chi connectivity index (χ1v) is 8.46. The fourth-order valence-electron chi connectivity index (χ4n) is 3.06. The van der Waals surface area contributed by atoms with E-state index in [1.165, 1.54) is 6.92 Å². The predicted octanol–water partition coefficient (Wildman–Crippen LogP) is 1.70. The van der Waals surface area contributed by atoms with Gasteiger partial charge in [0.1, 0.15) is 5.75 Å². The van der Waals surface area contributed by atoms with Crippen molar-refractivity contribution in [2.45, 2.75) is 19.9 Å². The fraction of sp³-hybridized carbons (Fsp3) is 0.556. The highest BCUT2D eigenvalue weighted by Gasteiger charge is 2.24. The van der Waals surface area contributed by atoms with E-state index in [0.29, 0.717) is 23.9 Å². The number of methoxy groups -OCH3 is 2. The maximum atomic E-state index is 11.3. The van der Waals surface area contributed by atoms with Gasteiger partial charge in [0.2, 0.25) is 5.91 Å². The average molecular weight is 348 g/mol. The smallest absolute Gasteiger partial charge is 0.221 e. The van der Waals surface area contributed by atoms with E-state index >= 15 is 0 Å². The quantitative estimate of drug-likeness (QED) is 0.604. The lowest BCUT2D eigenvalue weighted by Gasteiger charge is -2.22. The first-order valence-electron chi connectivity index (χ1n) is 8.46. The van der Waals surface area contributed by atoms with Gasteiger partial charge in [-0.05, 0) is 24.1 Å². The number of ether oxygens (including phenoxy) is 2. The number of carbonyl (C=O) groups excluding carboxylic acids is 1. The van der Waals surface area contributed by atoms with Crippen LogP contribution in [0, 0.1) is 5.92 Å². The highest BCUT2D eigenvalue weighted by atomic mass is 16.5. The van der Waals surface area contributed by atoms with Gasteiger partial charge in [-0.3, -0.25) is 9.79 Å². The van der Waals surface area contributed by atoms with Crippen LogP contribution >= 0.6 is 0 Å². The van der Waals surface area contributed by atoms with Crippen LogP contribution in [-0.4, -0.2) is 57.7 Å². The molecule has 0 spiro atoms. The number of carbonyl (C=O) groups is 1. The summed E-state index contributed by atoms with van der Waals surface area (Å²) in [5.41, 5.74) is 1.71. The Balaban J connectivity index is 1.98. The number of guanidine groups is 1. The van der Waals surface area contributed by atoms with Crippen molar-refractivity contribution in [2.24, 2.45) is 10.9 Å². The Morgan fingerprint density at radius 1 is 1.40 bits per heavy atom. The van der Waals surface area contributed by atoms with E-state index in [9.17, 15) is 4.79 Å². The van der Waals surface area contributed by atoms with Crippen LogP contribution in [0.15, 0.2) is 23.2 Å². The lowest BCUT2D eigenvalue weighted by Crippen LogP contribution is -2.39. The number of aliphatic imine (C=N–C) groups is 1. The van der Waals surface area contributed by atoms with E-state index in [-0.39, 0.29) is 5.91 Å². The van der Waals surface area contributed by atoms with Crippen LogP contribution in [0.1, 0.15) is 18.9 Å². The molecule has 1 heterocycles. The summed E-state index contributed by atoms with van der Waals surface area (Å²) in [6.07, 6.45) is 1.11. The summed E-state index contributed by atoms with van der Waals surface area (Å²) in [7, 11) is 5.12. The number of nitrogens with zero attached hydrogens (tertiary/aromatic N) is 2. The van der Waals surface area contributed by atoms with E-state index in [2.05, 4.69) is 20.5 Å². The van der Waals surface area contributed by atoms with Gasteiger partial charge in [-0.25, -0.2) is 0 Å². The van der Waals surface area contributed by atoms with Gasteiger partial charge >= 0.3 is 0 Å². The number of nitrogens with one attached hydrogen (secondary N) is 2. The minimum atomic E-state index is -0.125. The Hall–Kier alpha value is -2.28. The molecule has 1 aliphatic heterocycles. The van der Waals surface area contributed by atoms with Crippen molar-refractivity contribution in [3.8, 4) is 5.75 Å².